The number of carbonyl (C=O) groups excluding carboxylic acids is 1. The number of amides is 1. The van der Waals surface area contributed by atoms with E-state index in [0.29, 0.717) is 11.8 Å². The summed E-state index contributed by atoms with van der Waals surface area (Å²) < 4.78 is 0. The Balaban J connectivity index is 1.79. The zero-order valence-corrected chi connectivity index (χ0v) is 10.7. The Morgan fingerprint density at radius 3 is 2.82 bits per heavy atom. The fourth-order valence-electron chi connectivity index (χ4n) is 3.13. The summed E-state index contributed by atoms with van der Waals surface area (Å²) in [7, 11) is 0. The minimum atomic E-state index is -0.368. The number of hydrogen-bond donors (Lipinski definition) is 3. The summed E-state index contributed by atoms with van der Waals surface area (Å²) in [5.74, 6) is 0.979. The van der Waals surface area contributed by atoms with Crippen molar-refractivity contribution in [2.24, 2.45) is 11.8 Å². The van der Waals surface area contributed by atoms with Crippen LogP contribution >= 0.6 is 0 Å². The van der Waals surface area contributed by atoms with Gasteiger partial charge in [-0.3, -0.25) is 4.79 Å². The lowest BCUT2D eigenvalue weighted by Crippen LogP contribution is -2.52. The Kier molecular flexibility index (Phi) is 4.05. The zero-order chi connectivity index (χ0) is 12.3. The van der Waals surface area contributed by atoms with Crippen LogP contribution in [-0.2, 0) is 4.79 Å². The molecule has 0 spiro atoms. The second kappa shape index (κ2) is 5.36. The summed E-state index contributed by atoms with van der Waals surface area (Å²) >= 11 is 0. The van der Waals surface area contributed by atoms with Gasteiger partial charge in [0.25, 0.3) is 0 Å². The normalized spacial score (nSPS) is 37.3. The highest BCUT2D eigenvalue weighted by Gasteiger charge is 2.36. The highest BCUT2D eigenvalue weighted by molar-refractivity contribution is 5.86. The number of aliphatic hydroxyl groups is 1. The van der Waals surface area contributed by atoms with E-state index in [0.717, 1.165) is 38.8 Å². The molecule has 0 bridgehead atoms. The Labute approximate surface area is 103 Å². The maximum atomic E-state index is 12.1. The van der Waals surface area contributed by atoms with Crippen LogP contribution in [0.3, 0.4) is 0 Å². The van der Waals surface area contributed by atoms with Crippen LogP contribution in [0.25, 0.3) is 0 Å². The molecule has 0 aromatic heterocycles. The lowest BCUT2D eigenvalue weighted by Gasteiger charge is -2.25. The van der Waals surface area contributed by atoms with E-state index >= 15 is 0 Å². The largest absolute Gasteiger partial charge is 0.396 e. The number of aliphatic hydroxyl groups excluding tert-OH is 1. The molecule has 1 heterocycles. The third kappa shape index (κ3) is 2.80. The fourth-order valence-corrected chi connectivity index (χ4v) is 3.13. The molecule has 1 saturated carbocycles. The molecule has 4 heteroatoms. The second-order valence-corrected chi connectivity index (χ2v) is 5.71. The first-order chi connectivity index (χ1) is 8.15. The van der Waals surface area contributed by atoms with Crippen LogP contribution in [0.1, 0.15) is 39.0 Å². The van der Waals surface area contributed by atoms with Gasteiger partial charge in [0.15, 0.2) is 0 Å². The van der Waals surface area contributed by atoms with Gasteiger partial charge in [-0.05, 0) is 51.0 Å². The molecule has 3 unspecified atom stereocenters. The van der Waals surface area contributed by atoms with Crippen molar-refractivity contribution in [1.82, 2.24) is 10.6 Å². The summed E-state index contributed by atoms with van der Waals surface area (Å²) in [5.41, 5.74) is -0.368. The van der Waals surface area contributed by atoms with Crippen LogP contribution in [0.5, 0.6) is 0 Å². The molecule has 98 valence electrons. The molecule has 2 aliphatic rings. The molecule has 17 heavy (non-hydrogen) atoms. The van der Waals surface area contributed by atoms with Crippen molar-refractivity contribution in [3.05, 3.63) is 0 Å². The molecule has 0 radical (unpaired) electrons. The molecule has 1 saturated heterocycles. The smallest absolute Gasteiger partial charge is 0.240 e. The van der Waals surface area contributed by atoms with Crippen LogP contribution in [0.4, 0.5) is 0 Å². The van der Waals surface area contributed by atoms with Gasteiger partial charge in [-0.2, -0.15) is 0 Å². The van der Waals surface area contributed by atoms with Gasteiger partial charge in [0, 0.05) is 13.2 Å². The molecule has 2 rings (SSSR count). The van der Waals surface area contributed by atoms with Crippen LogP contribution in [-0.4, -0.2) is 36.2 Å². The molecule has 1 aliphatic heterocycles. The summed E-state index contributed by atoms with van der Waals surface area (Å²) in [6.07, 6.45) is 5.42. The quantitative estimate of drug-likeness (QED) is 0.676. The van der Waals surface area contributed by atoms with Gasteiger partial charge in [-0.15, -0.1) is 0 Å². The summed E-state index contributed by atoms with van der Waals surface area (Å²) in [6, 6.07) is 0. The molecular weight excluding hydrogens is 216 g/mol. The van der Waals surface area contributed by atoms with Crippen molar-refractivity contribution in [2.75, 3.05) is 19.7 Å². The van der Waals surface area contributed by atoms with E-state index < -0.39 is 0 Å². The molecule has 1 amide bonds. The average molecular weight is 240 g/mol. The average Bonchev–Trinajstić information content (AvgIpc) is 2.95. The van der Waals surface area contributed by atoms with Crippen molar-refractivity contribution in [2.45, 2.75) is 44.6 Å². The first-order valence-electron chi connectivity index (χ1n) is 6.80. The predicted molar refractivity (Wildman–Crippen MR) is 66.6 cm³/mol. The third-order valence-corrected chi connectivity index (χ3v) is 4.45. The summed E-state index contributed by atoms with van der Waals surface area (Å²) in [5, 5.41) is 15.6. The lowest BCUT2D eigenvalue weighted by atomic mass is 9.95. The van der Waals surface area contributed by atoms with Crippen molar-refractivity contribution >= 4 is 5.91 Å². The maximum absolute atomic E-state index is 12.1. The van der Waals surface area contributed by atoms with Gasteiger partial charge in [-0.25, -0.2) is 0 Å². The molecule has 0 aromatic carbocycles. The number of nitrogens with one attached hydrogen (secondary N) is 2. The zero-order valence-electron chi connectivity index (χ0n) is 10.7. The minimum absolute atomic E-state index is 0.124. The summed E-state index contributed by atoms with van der Waals surface area (Å²) in [4.78, 5) is 12.1. The SMILES string of the molecule is CC1(C(=O)NCC2CCCC2CO)CCCN1. The van der Waals surface area contributed by atoms with Crippen LogP contribution in [0.2, 0.25) is 0 Å². The monoisotopic (exact) mass is 240 g/mol. The first kappa shape index (κ1) is 12.8. The van der Waals surface area contributed by atoms with E-state index in [-0.39, 0.29) is 18.1 Å². The van der Waals surface area contributed by atoms with E-state index in [4.69, 9.17) is 0 Å². The highest BCUT2D eigenvalue weighted by Crippen LogP contribution is 2.30. The van der Waals surface area contributed by atoms with E-state index in [1.807, 2.05) is 6.92 Å². The van der Waals surface area contributed by atoms with Crippen LogP contribution < -0.4 is 10.6 Å². The van der Waals surface area contributed by atoms with E-state index in [1.54, 1.807) is 0 Å². The highest BCUT2D eigenvalue weighted by atomic mass is 16.3. The van der Waals surface area contributed by atoms with Gasteiger partial charge in [0.2, 0.25) is 5.91 Å². The number of carbonyl (C=O) groups is 1. The molecule has 1 aliphatic carbocycles. The van der Waals surface area contributed by atoms with Crippen molar-refractivity contribution < 1.29 is 9.90 Å². The topological polar surface area (TPSA) is 61.4 Å². The van der Waals surface area contributed by atoms with E-state index in [1.165, 1.54) is 6.42 Å². The van der Waals surface area contributed by atoms with Crippen molar-refractivity contribution in [3.63, 3.8) is 0 Å². The minimum Gasteiger partial charge on any atom is -0.396 e. The summed E-state index contributed by atoms with van der Waals surface area (Å²) in [6.45, 7) is 3.90. The van der Waals surface area contributed by atoms with Crippen LogP contribution in [0, 0.1) is 11.8 Å². The molecule has 3 N–H and O–H groups in total. The van der Waals surface area contributed by atoms with Gasteiger partial charge in [-0.1, -0.05) is 6.42 Å². The molecular formula is C13H24N2O2. The predicted octanol–water partition coefficient (Wildman–Crippen LogP) is 0.653. The first-order valence-corrected chi connectivity index (χ1v) is 6.80. The van der Waals surface area contributed by atoms with Gasteiger partial charge >= 0.3 is 0 Å². The lowest BCUT2D eigenvalue weighted by molar-refractivity contribution is -0.126. The maximum Gasteiger partial charge on any atom is 0.240 e. The molecule has 0 aromatic rings. The van der Waals surface area contributed by atoms with Crippen molar-refractivity contribution in [3.8, 4) is 0 Å². The van der Waals surface area contributed by atoms with E-state index in [9.17, 15) is 9.90 Å². The Morgan fingerprint density at radius 1 is 1.41 bits per heavy atom. The standard InChI is InChI=1S/C13H24N2O2/c1-13(6-3-7-15-13)12(17)14-8-10-4-2-5-11(10)9-16/h10-11,15-16H,2-9H2,1H3,(H,14,17). The Morgan fingerprint density at radius 2 is 2.18 bits per heavy atom. The number of hydrogen-bond acceptors (Lipinski definition) is 3. The van der Waals surface area contributed by atoms with Crippen LogP contribution in [0.15, 0.2) is 0 Å². The Hall–Kier alpha value is -0.610. The molecule has 3 atom stereocenters. The van der Waals surface area contributed by atoms with E-state index in [2.05, 4.69) is 10.6 Å². The van der Waals surface area contributed by atoms with Crippen molar-refractivity contribution in [1.29, 1.82) is 0 Å². The van der Waals surface area contributed by atoms with Gasteiger partial charge in [0.05, 0.1) is 5.54 Å². The molecule has 4 nitrogen and oxygen atoms in total. The molecule has 2 fully saturated rings. The second-order valence-electron chi connectivity index (χ2n) is 5.71. The Bertz CT molecular complexity index is 275. The number of rotatable bonds is 4. The van der Waals surface area contributed by atoms with Gasteiger partial charge in [0.1, 0.15) is 0 Å². The fraction of sp³-hybridized carbons (Fsp3) is 0.923. The van der Waals surface area contributed by atoms with Gasteiger partial charge < -0.3 is 15.7 Å². The third-order valence-electron chi connectivity index (χ3n) is 4.45.